The molecule has 0 radical (unpaired) electrons. The van der Waals surface area contributed by atoms with Crippen LogP contribution in [0.2, 0.25) is 0 Å². The lowest BCUT2D eigenvalue weighted by atomic mass is 9.49. The number of aliphatic hydroxyl groups excluding tert-OH is 1. The van der Waals surface area contributed by atoms with Crippen molar-refractivity contribution in [2.24, 2.45) is 16.2 Å². The number of nitriles is 1. The molecule has 68 heavy (non-hydrogen) atoms. The van der Waals surface area contributed by atoms with Gasteiger partial charge in [-0.05, 0) is 102 Å². The summed E-state index contributed by atoms with van der Waals surface area (Å²) >= 11 is 5.01. The molecular formula is C53H63BrN6O7S. The van der Waals surface area contributed by atoms with Crippen LogP contribution < -0.4 is 20.7 Å². The van der Waals surface area contributed by atoms with Crippen molar-refractivity contribution in [3.05, 3.63) is 105 Å². The molecule has 2 fully saturated rings. The Labute approximate surface area is 412 Å². The largest absolute Gasteiger partial charge is 0.489 e. The van der Waals surface area contributed by atoms with Gasteiger partial charge in [0.05, 0.1) is 33.8 Å². The molecule has 1 aromatic heterocycles. The lowest BCUT2D eigenvalue weighted by molar-refractivity contribution is -0.164. The Bertz CT molecular complexity index is 2550. The van der Waals surface area contributed by atoms with Crippen LogP contribution in [0.15, 0.2) is 76.7 Å². The fourth-order valence-corrected chi connectivity index (χ4v) is 10.7. The van der Waals surface area contributed by atoms with Crippen molar-refractivity contribution in [1.82, 2.24) is 25.8 Å². The first kappa shape index (κ1) is 51.8. The Balaban J connectivity index is 0.911. The molecule has 6 rings (SSSR count). The summed E-state index contributed by atoms with van der Waals surface area (Å²) in [4.78, 5) is 61.0. The van der Waals surface area contributed by atoms with E-state index < -0.39 is 35.4 Å². The Morgan fingerprint density at radius 2 is 1.69 bits per heavy atom. The molecule has 4 amide bonds. The van der Waals surface area contributed by atoms with Crippen molar-refractivity contribution < 1.29 is 33.8 Å². The van der Waals surface area contributed by atoms with E-state index in [2.05, 4.69) is 82.5 Å². The van der Waals surface area contributed by atoms with Crippen LogP contribution in [0.4, 0.5) is 0 Å². The van der Waals surface area contributed by atoms with Crippen molar-refractivity contribution >= 4 is 50.9 Å². The zero-order valence-electron chi connectivity index (χ0n) is 40.4. The molecule has 15 heteroatoms. The average Bonchev–Trinajstić information content (AvgIpc) is 3.91. The number of nitrogens with one attached hydrogen (secondary N) is 3. The number of halogens is 1. The van der Waals surface area contributed by atoms with E-state index in [0.717, 1.165) is 33.7 Å². The number of hydrogen-bond acceptors (Lipinski definition) is 10. The maximum Gasteiger partial charge on any atom is 0.251 e. The molecule has 1 aliphatic heterocycles. The second-order valence-corrected chi connectivity index (χ2v) is 21.8. The van der Waals surface area contributed by atoms with Gasteiger partial charge in [0, 0.05) is 58.5 Å². The van der Waals surface area contributed by atoms with Gasteiger partial charge in [-0.2, -0.15) is 5.26 Å². The van der Waals surface area contributed by atoms with Crippen LogP contribution in [-0.2, 0) is 19.1 Å². The number of amides is 4. The van der Waals surface area contributed by atoms with Gasteiger partial charge in [-0.3, -0.25) is 19.2 Å². The minimum Gasteiger partial charge on any atom is -0.489 e. The summed E-state index contributed by atoms with van der Waals surface area (Å²) in [5, 5.41) is 29.0. The number of β-amino-alcohol motifs (C(OH)–C–C–N with tert-alkyl or cyclic N) is 1. The Morgan fingerprint density at radius 3 is 2.31 bits per heavy atom. The summed E-state index contributed by atoms with van der Waals surface area (Å²) in [5.74, 6) is 5.55. The fourth-order valence-electron chi connectivity index (χ4n) is 9.48. The summed E-state index contributed by atoms with van der Waals surface area (Å²) in [6.07, 6.45) is 1.07. The number of hydrogen-bond donors (Lipinski definition) is 4. The predicted octanol–water partition coefficient (Wildman–Crippen LogP) is 8.27. The van der Waals surface area contributed by atoms with Crippen molar-refractivity contribution in [2.45, 2.75) is 124 Å². The minimum absolute atomic E-state index is 0.0177. The van der Waals surface area contributed by atoms with Gasteiger partial charge in [-0.25, -0.2) is 4.98 Å². The highest BCUT2D eigenvalue weighted by molar-refractivity contribution is 9.10. The van der Waals surface area contributed by atoms with Gasteiger partial charge >= 0.3 is 0 Å². The average molecular weight is 1010 g/mol. The van der Waals surface area contributed by atoms with Crippen LogP contribution in [0.25, 0.3) is 10.4 Å². The lowest BCUT2D eigenvalue weighted by Gasteiger charge is -2.63. The van der Waals surface area contributed by atoms with E-state index in [9.17, 15) is 29.5 Å². The van der Waals surface area contributed by atoms with Crippen LogP contribution in [0.3, 0.4) is 0 Å². The van der Waals surface area contributed by atoms with E-state index >= 15 is 0 Å². The third-order valence-corrected chi connectivity index (χ3v) is 14.6. The maximum atomic E-state index is 14.1. The van der Waals surface area contributed by atoms with Gasteiger partial charge in [0.1, 0.15) is 36.6 Å². The first-order valence-electron chi connectivity index (χ1n) is 23.0. The predicted molar refractivity (Wildman–Crippen MR) is 266 cm³/mol. The number of carbonyl (C=O) groups excluding carboxylic acids is 4. The van der Waals surface area contributed by atoms with E-state index in [0.29, 0.717) is 40.8 Å². The molecule has 4 aromatic rings. The van der Waals surface area contributed by atoms with Crippen LogP contribution in [0.1, 0.15) is 120 Å². The zero-order valence-corrected chi connectivity index (χ0v) is 42.8. The van der Waals surface area contributed by atoms with Gasteiger partial charge in [0.15, 0.2) is 0 Å². The van der Waals surface area contributed by atoms with Gasteiger partial charge < -0.3 is 35.4 Å². The molecule has 4 atom stereocenters. The van der Waals surface area contributed by atoms with Gasteiger partial charge in [-0.1, -0.05) is 84.6 Å². The van der Waals surface area contributed by atoms with Crippen molar-refractivity contribution in [3.63, 3.8) is 0 Å². The van der Waals surface area contributed by atoms with Crippen molar-refractivity contribution in [2.75, 3.05) is 19.8 Å². The Hall–Kier alpha value is -5.58. The first-order chi connectivity index (χ1) is 32.1. The molecule has 1 saturated carbocycles. The molecule has 4 N–H and O–H groups in total. The van der Waals surface area contributed by atoms with Gasteiger partial charge in [-0.15, -0.1) is 11.3 Å². The van der Waals surface area contributed by atoms with Crippen molar-refractivity contribution in [1.29, 1.82) is 5.26 Å². The van der Waals surface area contributed by atoms with E-state index in [-0.39, 0.29) is 60.4 Å². The zero-order chi connectivity index (χ0) is 49.6. The normalized spacial score (nSPS) is 20.1. The molecule has 1 aliphatic carbocycles. The fraction of sp³-hybridized carbons (Fsp3) is 0.472. The molecule has 13 nitrogen and oxygen atoms in total. The standard InChI is InChI=1S/C53H63BrN6O7S/c1-32(35-19-21-36(22-20-35)44-33(2)56-31-68-44)57-47(64)42-26-39(61)29-60(42)48(65)45(51(3,4)5)58-43(62)30-66-25-13-11-10-12-14-34-15-17-37(18-16-34)46(63)59-49-52(6,7)50(53(49,8)9)67-40-24-23-38(28-55)41(54)27-40/h15-24,27,31-32,39,42,45,49-50,61H,10-11,13,25-26,29-30H2,1-9H3,(H,57,64)(H,58,62)(H,59,63)/t32-,39+,42?,45+,49?,50?/m0/s1. The highest BCUT2D eigenvalue weighted by atomic mass is 79.9. The molecule has 360 valence electrons. The summed E-state index contributed by atoms with van der Waals surface area (Å²) < 4.78 is 12.7. The highest BCUT2D eigenvalue weighted by Gasteiger charge is 2.64. The van der Waals surface area contributed by atoms with Gasteiger partial charge in [0.2, 0.25) is 17.7 Å². The topological polar surface area (TPSA) is 183 Å². The quantitative estimate of drug-likeness (QED) is 0.0634. The summed E-state index contributed by atoms with van der Waals surface area (Å²) in [6.45, 7) is 17.8. The van der Waals surface area contributed by atoms with Crippen LogP contribution >= 0.6 is 27.3 Å². The third kappa shape index (κ3) is 12.2. The number of aliphatic hydroxyl groups is 1. The Kier molecular flexibility index (Phi) is 16.6. The number of aryl methyl sites for hydroxylation is 1. The Morgan fingerprint density at radius 1 is 1.00 bits per heavy atom. The monoisotopic (exact) mass is 1010 g/mol. The smallest absolute Gasteiger partial charge is 0.251 e. The van der Waals surface area contributed by atoms with Crippen molar-refractivity contribution in [3.8, 4) is 34.1 Å². The van der Waals surface area contributed by atoms with Crippen LogP contribution in [0, 0.1) is 46.3 Å². The van der Waals surface area contributed by atoms with E-state index in [4.69, 9.17) is 9.47 Å². The summed E-state index contributed by atoms with van der Waals surface area (Å²) in [6, 6.07) is 20.2. The summed E-state index contributed by atoms with van der Waals surface area (Å²) in [5.41, 5.74) is 5.16. The second kappa shape index (κ2) is 21.8. The first-order valence-corrected chi connectivity index (χ1v) is 24.7. The molecule has 1 saturated heterocycles. The minimum atomic E-state index is -0.960. The maximum absolute atomic E-state index is 14.1. The van der Waals surface area contributed by atoms with Crippen LogP contribution in [-0.4, -0.2) is 88.7 Å². The number of carbonyl (C=O) groups is 4. The number of likely N-dealkylation sites (tertiary alicyclic amines) is 1. The number of rotatable bonds is 16. The molecular weight excluding hydrogens is 945 g/mol. The molecule has 2 heterocycles. The number of unbranched alkanes of at least 4 members (excludes halogenated alkanes) is 2. The number of aromatic nitrogens is 1. The van der Waals surface area contributed by atoms with Crippen LogP contribution in [0.5, 0.6) is 5.75 Å². The third-order valence-electron chi connectivity index (χ3n) is 12.9. The molecule has 3 aromatic carbocycles. The lowest BCUT2D eigenvalue weighted by Crippen LogP contribution is -2.74. The number of nitrogens with zero attached hydrogens (tertiary/aromatic N) is 3. The summed E-state index contributed by atoms with van der Waals surface area (Å²) in [7, 11) is 0. The van der Waals surface area contributed by atoms with E-state index in [1.807, 2.05) is 76.5 Å². The molecule has 2 aliphatic rings. The number of benzene rings is 3. The molecule has 0 spiro atoms. The number of thiazole rings is 1. The molecule has 0 bridgehead atoms. The second-order valence-electron chi connectivity index (χ2n) is 20.1. The molecule has 1 unspecified atom stereocenters. The highest BCUT2D eigenvalue weighted by Crippen LogP contribution is 2.55. The number of ether oxygens (including phenoxy) is 2. The van der Waals surface area contributed by atoms with E-state index in [1.165, 1.54) is 4.90 Å². The SMILES string of the molecule is Cc1ncsc1-c1ccc([C@H](C)NC(=O)C2C[C@@H](O)CN2C(=O)[C@@H](NC(=O)COCCCCC#Cc2ccc(C(=O)NC3C(C)(C)C(Oc4ccc(C#N)c(Br)c4)C3(C)C)cc2)C(C)(C)C)cc1. The van der Waals surface area contributed by atoms with Gasteiger partial charge in [0.25, 0.3) is 5.91 Å². The van der Waals surface area contributed by atoms with E-state index in [1.54, 1.807) is 41.7 Å².